The lowest BCUT2D eigenvalue weighted by atomic mass is 10.0. The van der Waals surface area contributed by atoms with E-state index in [1.54, 1.807) is 0 Å². The predicted molar refractivity (Wildman–Crippen MR) is 125 cm³/mol. The van der Waals surface area contributed by atoms with Crippen LogP contribution >= 0.6 is 0 Å². The van der Waals surface area contributed by atoms with E-state index in [4.69, 9.17) is 10.5 Å². The van der Waals surface area contributed by atoms with Crippen molar-refractivity contribution in [3.05, 3.63) is 59.4 Å². The minimum absolute atomic E-state index is 0.286. The first-order valence-corrected chi connectivity index (χ1v) is 11.1. The fraction of sp³-hybridized carbons (Fsp3) is 0.375. The summed E-state index contributed by atoms with van der Waals surface area (Å²) in [4.78, 5) is 21.0. The number of anilines is 2. The summed E-state index contributed by atoms with van der Waals surface area (Å²) in [5, 5.41) is 15.4. The van der Waals surface area contributed by atoms with Gasteiger partial charge in [0.2, 0.25) is 6.23 Å². The Morgan fingerprint density at radius 3 is 2.48 bits per heavy atom. The molecular weight excluding hydrogens is 420 g/mol. The molecule has 9 nitrogen and oxygen atoms in total. The number of aryl methyl sites for hydroxylation is 3. The Balaban J connectivity index is 1.68. The van der Waals surface area contributed by atoms with Crippen LogP contribution in [0.5, 0.6) is 0 Å². The largest absolute Gasteiger partial charge is 0.471 e. The molecule has 1 atom stereocenters. The van der Waals surface area contributed by atoms with Crippen molar-refractivity contribution in [1.82, 2.24) is 14.8 Å². The molecule has 3 aromatic rings. The number of piperidine rings is 1. The number of ether oxygens (including phenoxy) is 1. The van der Waals surface area contributed by atoms with Crippen LogP contribution in [-0.2, 0) is 16.6 Å². The molecule has 5 rings (SSSR count). The minimum atomic E-state index is -0.564. The Morgan fingerprint density at radius 2 is 1.82 bits per heavy atom. The maximum absolute atomic E-state index is 12.5. The lowest BCUT2D eigenvalue weighted by molar-refractivity contribution is -0.114. The van der Waals surface area contributed by atoms with Gasteiger partial charge in [0.15, 0.2) is 0 Å². The van der Waals surface area contributed by atoms with Gasteiger partial charge in [0.25, 0.3) is 5.91 Å². The Morgan fingerprint density at radius 1 is 1.12 bits per heavy atom. The van der Waals surface area contributed by atoms with E-state index < -0.39 is 12.1 Å². The Hall–Kier alpha value is -3.59. The van der Waals surface area contributed by atoms with E-state index in [9.17, 15) is 9.90 Å². The fourth-order valence-electron chi connectivity index (χ4n) is 4.77. The molecule has 1 fully saturated rings. The van der Waals surface area contributed by atoms with Gasteiger partial charge in [-0.15, -0.1) is 0 Å². The van der Waals surface area contributed by atoms with Gasteiger partial charge >= 0.3 is 0 Å². The monoisotopic (exact) mass is 448 g/mol. The third kappa shape index (κ3) is 3.78. The molecule has 2 aromatic heterocycles. The zero-order chi connectivity index (χ0) is 23.3. The molecule has 2 aliphatic rings. The Labute approximate surface area is 192 Å². The summed E-state index contributed by atoms with van der Waals surface area (Å²) in [6, 6.07) is 8.04. The average Bonchev–Trinajstić information content (AvgIpc) is 3.37. The molecule has 172 valence electrons. The van der Waals surface area contributed by atoms with Gasteiger partial charge < -0.3 is 20.5 Å². The van der Waals surface area contributed by atoms with E-state index in [0.717, 1.165) is 39.2 Å². The van der Waals surface area contributed by atoms with Crippen molar-refractivity contribution in [2.45, 2.75) is 39.0 Å². The molecule has 0 aliphatic carbocycles. The summed E-state index contributed by atoms with van der Waals surface area (Å²) in [5.41, 5.74) is 11.4. The molecule has 1 aromatic carbocycles. The molecule has 1 unspecified atom stereocenters. The second-order valence-corrected chi connectivity index (χ2v) is 8.80. The lowest BCUT2D eigenvalue weighted by Gasteiger charge is -2.36. The molecule has 33 heavy (non-hydrogen) atoms. The highest BCUT2D eigenvalue weighted by Crippen LogP contribution is 2.44. The van der Waals surface area contributed by atoms with Crippen molar-refractivity contribution in [1.29, 1.82) is 0 Å². The van der Waals surface area contributed by atoms with Crippen LogP contribution in [0.1, 0.15) is 36.0 Å². The molecule has 9 heteroatoms. The van der Waals surface area contributed by atoms with Gasteiger partial charge in [-0.1, -0.05) is 0 Å². The van der Waals surface area contributed by atoms with Crippen LogP contribution in [0.15, 0.2) is 42.4 Å². The van der Waals surface area contributed by atoms with E-state index in [1.807, 2.05) is 54.9 Å². The lowest BCUT2D eigenvalue weighted by Crippen LogP contribution is -2.38. The quantitative estimate of drug-likeness (QED) is 0.631. The van der Waals surface area contributed by atoms with E-state index in [1.165, 1.54) is 6.26 Å². The van der Waals surface area contributed by atoms with E-state index >= 15 is 0 Å². The first kappa shape index (κ1) is 21.3. The van der Waals surface area contributed by atoms with Crippen LogP contribution < -0.4 is 15.5 Å². The minimum Gasteiger partial charge on any atom is -0.471 e. The van der Waals surface area contributed by atoms with Gasteiger partial charge in [-0.3, -0.25) is 19.4 Å². The number of nitrogens with zero attached hydrogens (tertiary/aromatic N) is 5. The van der Waals surface area contributed by atoms with Gasteiger partial charge in [-0.25, -0.2) is 0 Å². The zero-order valence-corrected chi connectivity index (χ0v) is 19.0. The second-order valence-electron chi connectivity index (χ2n) is 8.80. The number of benzene rings is 1. The highest BCUT2D eigenvalue weighted by atomic mass is 16.5. The molecule has 1 saturated heterocycles. The maximum atomic E-state index is 12.5. The standard InChI is InChI=1S/C24H28N6O3/c1-14-8-16(9-15(2)27-14)24-30(22(13-33-24)23(25)32)21-10-17-12-26-28(3)19(17)11-20(21)29-6-4-18(31)5-7-29/h8-13,18,24,31H,4-7H2,1-3H3,(H2,25,32). The number of carbonyl (C=O) groups excluding carboxylic acids is 1. The summed E-state index contributed by atoms with van der Waals surface area (Å²) in [5.74, 6) is -0.564. The molecular formula is C24H28N6O3. The van der Waals surface area contributed by atoms with Crippen molar-refractivity contribution in [2.75, 3.05) is 22.9 Å². The van der Waals surface area contributed by atoms with Gasteiger partial charge in [0.05, 0.1) is 29.2 Å². The number of primary amides is 1. The molecule has 1 amide bonds. The number of aliphatic hydroxyl groups is 1. The third-order valence-electron chi connectivity index (χ3n) is 6.35. The Bertz CT molecular complexity index is 1240. The van der Waals surface area contributed by atoms with Crippen LogP contribution in [0, 0.1) is 13.8 Å². The molecule has 0 radical (unpaired) electrons. The number of hydrogen-bond acceptors (Lipinski definition) is 7. The topological polar surface area (TPSA) is 110 Å². The number of aliphatic hydroxyl groups excluding tert-OH is 1. The molecule has 4 heterocycles. The summed E-state index contributed by atoms with van der Waals surface area (Å²) in [6.45, 7) is 5.29. The first-order chi connectivity index (χ1) is 15.8. The van der Waals surface area contributed by atoms with Gasteiger partial charge in [-0.2, -0.15) is 5.10 Å². The average molecular weight is 449 g/mol. The van der Waals surface area contributed by atoms with Crippen molar-refractivity contribution >= 4 is 28.2 Å². The smallest absolute Gasteiger partial charge is 0.268 e. The number of hydrogen-bond donors (Lipinski definition) is 2. The zero-order valence-electron chi connectivity index (χ0n) is 19.0. The van der Waals surface area contributed by atoms with Crippen LogP contribution in [-0.4, -0.2) is 45.0 Å². The first-order valence-electron chi connectivity index (χ1n) is 11.1. The summed E-state index contributed by atoms with van der Waals surface area (Å²) >= 11 is 0. The molecule has 3 N–H and O–H groups in total. The molecule has 0 bridgehead atoms. The van der Waals surface area contributed by atoms with E-state index in [-0.39, 0.29) is 11.8 Å². The normalized spacial score (nSPS) is 19.2. The van der Waals surface area contributed by atoms with E-state index in [0.29, 0.717) is 25.9 Å². The number of carbonyl (C=O) groups is 1. The summed E-state index contributed by atoms with van der Waals surface area (Å²) in [7, 11) is 1.91. The number of fused-ring (bicyclic) bond motifs is 1. The SMILES string of the molecule is Cc1cc(C2OC=C(C(N)=O)N2c2cc3cnn(C)c3cc2N2CCC(O)CC2)cc(C)n1. The van der Waals surface area contributed by atoms with Crippen molar-refractivity contribution < 1.29 is 14.6 Å². The van der Waals surface area contributed by atoms with Gasteiger partial charge in [0, 0.05) is 42.5 Å². The van der Waals surface area contributed by atoms with Gasteiger partial charge in [0.1, 0.15) is 12.0 Å². The number of aromatic nitrogens is 3. The van der Waals surface area contributed by atoms with Crippen molar-refractivity contribution in [2.24, 2.45) is 12.8 Å². The predicted octanol–water partition coefficient (Wildman–Crippen LogP) is 2.41. The number of pyridine rings is 1. The highest BCUT2D eigenvalue weighted by molar-refractivity contribution is 6.00. The van der Waals surface area contributed by atoms with E-state index in [2.05, 4.69) is 21.0 Å². The third-order valence-corrected chi connectivity index (χ3v) is 6.35. The second kappa shape index (κ2) is 8.08. The highest BCUT2D eigenvalue weighted by Gasteiger charge is 2.36. The van der Waals surface area contributed by atoms with Crippen LogP contribution in [0.2, 0.25) is 0 Å². The molecule has 2 aliphatic heterocycles. The van der Waals surface area contributed by atoms with Crippen LogP contribution in [0.25, 0.3) is 10.9 Å². The number of amides is 1. The van der Waals surface area contributed by atoms with Gasteiger partial charge in [-0.05, 0) is 51.0 Å². The van der Waals surface area contributed by atoms with Crippen molar-refractivity contribution in [3.63, 3.8) is 0 Å². The molecule has 0 saturated carbocycles. The number of nitrogens with two attached hydrogens (primary N) is 1. The summed E-state index contributed by atoms with van der Waals surface area (Å²) < 4.78 is 7.86. The maximum Gasteiger partial charge on any atom is 0.268 e. The molecule has 0 spiro atoms. The van der Waals surface area contributed by atoms with Crippen molar-refractivity contribution in [3.8, 4) is 0 Å². The van der Waals surface area contributed by atoms with Crippen LogP contribution in [0.3, 0.4) is 0 Å². The fourth-order valence-corrected chi connectivity index (χ4v) is 4.77. The number of rotatable bonds is 4. The van der Waals surface area contributed by atoms with Crippen LogP contribution in [0.4, 0.5) is 11.4 Å². The summed E-state index contributed by atoms with van der Waals surface area (Å²) in [6.07, 6.45) is 3.76. The Kier molecular flexibility index (Phi) is 5.20.